The van der Waals surface area contributed by atoms with E-state index in [1.807, 2.05) is 30.3 Å². The van der Waals surface area contributed by atoms with E-state index in [1.165, 1.54) is 0 Å². The largest absolute Gasteiger partial charge is 0.368 e. The Labute approximate surface area is 117 Å². The molecule has 1 atom stereocenters. The smallest absolute Gasteiger partial charge is 0.254 e. The molecule has 0 aliphatic carbocycles. The van der Waals surface area contributed by atoms with Gasteiger partial charge in [0, 0.05) is 12.7 Å². The molecule has 1 aliphatic rings. The van der Waals surface area contributed by atoms with Gasteiger partial charge >= 0.3 is 0 Å². The fraction of sp³-hybridized carbons (Fsp3) is 0.333. The molecule has 1 saturated heterocycles. The molecule has 104 valence electrons. The maximum Gasteiger partial charge on any atom is 0.254 e. The zero-order chi connectivity index (χ0) is 13.8. The van der Waals surface area contributed by atoms with E-state index in [0.717, 1.165) is 18.4 Å². The number of nitrogens with one attached hydrogen (secondary N) is 1. The molecule has 20 heavy (non-hydrogen) atoms. The van der Waals surface area contributed by atoms with Crippen molar-refractivity contribution in [3.05, 3.63) is 48.2 Å². The van der Waals surface area contributed by atoms with Crippen LogP contribution in [-0.2, 0) is 16.1 Å². The highest BCUT2D eigenvalue weighted by atomic mass is 16.5. The van der Waals surface area contributed by atoms with E-state index in [1.54, 1.807) is 16.9 Å². The number of carbonyl (C=O) groups excluding carboxylic acids is 1. The van der Waals surface area contributed by atoms with Crippen molar-refractivity contribution in [2.24, 2.45) is 0 Å². The Hall–Kier alpha value is -2.14. The molecule has 3 rings (SSSR count). The lowest BCUT2D eigenvalue weighted by Gasteiger charge is -2.12. The lowest BCUT2D eigenvalue weighted by atomic mass is 10.2. The van der Waals surface area contributed by atoms with Gasteiger partial charge < -0.3 is 10.1 Å². The van der Waals surface area contributed by atoms with Gasteiger partial charge in [0.1, 0.15) is 11.9 Å². The number of anilines is 1. The zero-order valence-electron chi connectivity index (χ0n) is 11.2. The minimum Gasteiger partial charge on any atom is -0.368 e. The third-order valence-corrected chi connectivity index (χ3v) is 3.37. The first kappa shape index (κ1) is 12.9. The number of ether oxygens (including phenoxy) is 1. The van der Waals surface area contributed by atoms with Crippen LogP contribution in [0, 0.1) is 0 Å². The van der Waals surface area contributed by atoms with Crippen LogP contribution in [0.1, 0.15) is 18.4 Å². The van der Waals surface area contributed by atoms with Crippen molar-refractivity contribution in [3.63, 3.8) is 0 Å². The monoisotopic (exact) mass is 271 g/mol. The molecule has 1 aromatic carbocycles. The van der Waals surface area contributed by atoms with Crippen molar-refractivity contribution in [1.82, 2.24) is 9.78 Å². The Morgan fingerprint density at radius 2 is 2.20 bits per heavy atom. The summed E-state index contributed by atoms with van der Waals surface area (Å²) in [7, 11) is 0. The molecule has 0 bridgehead atoms. The van der Waals surface area contributed by atoms with Gasteiger partial charge in [0.2, 0.25) is 0 Å². The highest BCUT2D eigenvalue weighted by Crippen LogP contribution is 2.15. The van der Waals surface area contributed by atoms with Crippen LogP contribution in [0.3, 0.4) is 0 Å². The number of carbonyl (C=O) groups is 1. The van der Waals surface area contributed by atoms with Gasteiger partial charge in [-0.2, -0.15) is 5.10 Å². The molecule has 1 N–H and O–H groups in total. The summed E-state index contributed by atoms with van der Waals surface area (Å²) < 4.78 is 7.16. The molecular formula is C15H17N3O2. The number of nitrogens with zero attached hydrogens (tertiary/aromatic N) is 2. The molecule has 1 fully saturated rings. The molecule has 1 aromatic heterocycles. The summed E-state index contributed by atoms with van der Waals surface area (Å²) >= 11 is 0. The van der Waals surface area contributed by atoms with Crippen LogP contribution in [0.4, 0.5) is 5.82 Å². The molecule has 2 aromatic rings. The van der Waals surface area contributed by atoms with Gasteiger partial charge in [-0.15, -0.1) is 0 Å². The van der Waals surface area contributed by atoms with Gasteiger partial charge in [-0.1, -0.05) is 30.3 Å². The summed E-state index contributed by atoms with van der Waals surface area (Å²) in [6, 6.07) is 11.8. The van der Waals surface area contributed by atoms with Gasteiger partial charge in [0.15, 0.2) is 0 Å². The molecule has 1 unspecified atom stereocenters. The van der Waals surface area contributed by atoms with Crippen LogP contribution in [0.25, 0.3) is 0 Å². The third-order valence-electron chi connectivity index (χ3n) is 3.37. The quantitative estimate of drug-likeness (QED) is 0.926. The van der Waals surface area contributed by atoms with Crippen LogP contribution in [0.2, 0.25) is 0 Å². The van der Waals surface area contributed by atoms with Gasteiger partial charge in [-0.25, -0.2) is 4.68 Å². The standard InChI is InChI=1S/C15H17N3O2/c19-15(13-7-4-10-20-13)17-14-8-9-16-18(14)11-12-5-2-1-3-6-12/h1-3,5-6,8-9,13H,4,7,10-11H2,(H,17,19). The predicted molar refractivity (Wildman–Crippen MR) is 75.4 cm³/mol. The van der Waals surface area contributed by atoms with Crippen molar-refractivity contribution >= 4 is 11.7 Å². The summed E-state index contributed by atoms with van der Waals surface area (Å²) in [4.78, 5) is 12.0. The van der Waals surface area contributed by atoms with E-state index in [9.17, 15) is 4.79 Å². The Morgan fingerprint density at radius 1 is 1.35 bits per heavy atom. The highest BCUT2D eigenvalue weighted by molar-refractivity contribution is 5.93. The summed E-state index contributed by atoms with van der Waals surface area (Å²) in [5.41, 5.74) is 1.14. The Bertz CT molecular complexity index is 574. The number of benzene rings is 1. The molecular weight excluding hydrogens is 254 g/mol. The minimum atomic E-state index is -0.324. The van der Waals surface area contributed by atoms with Crippen molar-refractivity contribution in [2.45, 2.75) is 25.5 Å². The molecule has 5 heteroatoms. The van der Waals surface area contributed by atoms with Gasteiger partial charge in [0.05, 0.1) is 12.7 Å². The maximum atomic E-state index is 12.0. The van der Waals surface area contributed by atoms with Crippen LogP contribution in [-0.4, -0.2) is 28.4 Å². The second kappa shape index (κ2) is 5.88. The van der Waals surface area contributed by atoms with Crippen molar-refractivity contribution < 1.29 is 9.53 Å². The summed E-state index contributed by atoms with van der Waals surface area (Å²) in [5.74, 6) is 0.617. The number of rotatable bonds is 4. The van der Waals surface area contributed by atoms with E-state index >= 15 is 0 Å². The Morgan fingerprint density at radius 3 is 2.95 bits per heavy atom. The zero-order valence-corrected chi connectivity index (χ0v) is 11.2. The highest BCUT2D eigenvalue weighted by Gasteiger charge is 2.24. The second-order valence-electron chi connectivity index (χ2n) is 4.85. The Balaban J connectivity index is 1.68. The number of hydrogen-bond acceptors (Lipinski definition) is 3. The van der Waals surface area contributed by atoms with Crippen molar-refractivity contribution in [1.29, 1.82) is 0 Å². The summed E-state index contributed by atoms with van der Waals surface area (Å²) in [6.07, 6.45) is 3.10. The van der Waals surface area contributed by atoms with Crippen LogP contribution in [0.15, 0.2) is 42.6 Å². The van der Waals surface area contributed by atoms with E-state index in [4.69, 9.17) is 4.74 Å². The molecule has 0 radical (unpaired) electrons. The maximum absolute atomic E-state index is 12.0. The SMILES string of the molecule is O=C(Nc1ccnn1Cc1ccccc1)C1CCCO1. The Kier molecular flexibility index (Phi) is 3.78. The lowest BCUT2D eigenvalue weighted by Crippen LogP contribution is -2.28. The fourth-order valence-corrected chi connectivity index (χ4v) is 2.31. The normalized spacial score (nSPS) is 18.1. The van der Waals surface area contributed by atoms with Gasteiger partial charge in [0.25, 0.3) is 5.91 Å². The second-order valence-corrected chi connectivity index (χ2v) is 4.85. The van der Waals surface area contributed by atoms with Crippen molar-refractivity contribution in [3.8, 4) is 0 Å². The summed E-state index contributed by atoms with van der Waals surface area (Å²) in [6.45, 7) is 1.30. The molecule has 0 spiro atoms. The van der Waals surface area contributed by atoms with E-state index in [-0.39, 0.29) is 12.0 Å². The first-order valence-electron chi connectivity index (χ1n) is 6.81. The third kappa shape index (κ3) is 2.88. The summed E-state index contributed by atoms with van der Waals surface area (Å²) in [5, 5.41) is 7.14. The van der Waals surface area contributed by atoms with Gasteiger partial charge in [-0.3, -0.25) is 4.79 Å². The average molecular weight is 271 g/mol. The van der Waals surface area contributed by atoms with Crippen LogP contribution >= 0.6 is 0 Å². The van der Waals surface area contributed by atoms with Gasteiger partial charge in [-0.05, 0) is 18.4 Å². The molecule has 1 amide bonds. The minimum absolute atomic E-state index is 0.0858. The average Bonchev–Trinajstić information content (AvgIpc) is 3.12. The molecule has 0 saturated carbocycles. The van der Waals surface area contributed by atoms with Crippen LogP contribution in [0.5, 0.6) is 0 Å². The van der Waals surface area contributed by atoms with E-state index in [0.29, 0.717) is 19.0 Å². The first-order valence-corrected chi connectivity index (χ1v) is 6.81. The van der Waals surface area contributed by atoms with E-state index < -0.39 is 0 Å². The number of aromatic nitrogens is 2. The number of hydrogen-bond donors (Lipinski definition) is 1. The van der Waals surface area contributed by atoms with Crippen molar-refractivity contribution in [2.75, 3.05) is 11.9 Å². The lowest BCUT2D eigenvalue weighted by molar-refractivity contribution is -0.124. The predicted octanol–water partition coefficient (Wildman–Crippen LogP) is 2.05. The molecule has 2 heterocycles. The fourth-order valence-electron chi connectivity index (χ4n) is 2.31. The topological polar surface area (TPSA) is 56.2 Å². The molecule has 1 aliphatic heterocycles. The van der Waals surface area contributed by atoms with E-state index in [2.05, 4.69) is 10.4 Å². The first-order chi connectivity index (χ1) is 9.83. The molecule has 5 nitrogen and oxygen atoms in total. The number of amides is 1. The van der Waals surface area contributed by atoms with Crippen LogP contribution < -0.4 is 5.32 Å².